The van der Waals surface area contributed by atoms with Crippen LogP contribution in [0.3, 0.4) is 0 Å². The fraction of sp³-hybridized carbons (Fsp3) is 0.525. The number of aromatic nitrogens is 4. The van der Waals surface area contributed by atoms with Gasteiger partial charge in [-0.1, -0.05) is 40.0 Å². The van der Waals surface area contributed by atoms with E-state index in [-0.39, 0.29) is 24.4 Å². The molecule has 4 N–H and O–H groups in total. The van der Waals surface area contributed by atoms with Crippen LogP contribution in [0, 0.1) is 13.8 Å². The van der Waals surface area contributed by atoms with Gasteiger partial charge in [-0.2, -0.15) is 0 Å². The zero-order valence-electron chi connectivity index (χ0n) is 29.7. The molecule has 2 aliphatic heterocycles. The highest BCUT2D eigenvalue weighted by Gasteiger charge is 2.35. The number of aliphatic carboxylic acids is 1. The molecule has 6 rings (SSSR count). The van der Waals surface area contributed by atoms with Crippen LogP contribution >= 0.6 is 0 Å². The molecule has 3 aliphatic rings. The van der Waals surface area contributed by atoms with Crippen LogP contribution in [-0.2, 0) is 16.0 Å². The Bertz CT molecular complexity index is 1920. The maximum absolute atomic E-state index is 11.5. The van der Waals surface area contributed by atoms with Crippen molar-refractivity contribution in [2.45, 2.75) is 130 Å². The number of H-pyrrole nitrogens is 2. The van der Waals surface area contributed by atoms with Crippen LogP contribution in [0.5, 0.6) is 0 Å². The molecule has 5 heterocycles. The van der Waals surface area contributed by atoms with Gasteiger partial charge in [0.1, 0.15) is 0 Å². The summed E-state index contributed by atoms with van der Waals surface area (Å²) in [6.07, 6.45) is 6.68. The molecule has 3 aromatic rings. The molecular formula is C40H52N4O4. The van der Waals surface area contributed by atoms with Gasteiger partial charge in [0, 0.05) is 81.4 Å². The van der Waals surface area contributed by atoms with Crippen molar-refractivity contribution < 1.29 is 19.7 Å². The number of allylic oxidation sites excluding steroid dienone is 2. The molecule has 8 bridgehead atoms. The zero-order chi connectivity index (χ0) is 34.3. The molecular weight excluding hydrogens is 600 g/mol. The van der Waals surface area contributed by atoms with Crippen LogP contribution in [0.4, 0.5) is 0 Å². The summed E-state index contributed by atoms with van der Waals surface area (Å²) in [5.41, 5.74) is 15.4. The molecule has 0 saturated heterocycles. The van der Waals surface area contributed by atoms with Gasteiger partial charge in [0.15, 0.2) is 0 Å². The average molecular weight is 653 g/mol. The van der Waals surface area contributed by atoms with Gasteiger partial charge in [0.2, 0.25) is 0 Å². The van der Waals surface area contributed by atoms with Crippen molar-refractivity contribution >= 4 is 39.2 Å². The van der Waals surface area contributed by atoms with E-state index in [4.69, 9.17) is 14.7 Å². The van der Waals surface area contributed by atoms with Gasteiger partial charge in [0.05, 0.1) is 23.6 Å². The first-order valence-electron chi connectivity index (χ1n) is 18.0. The summed E-state index contributed by atoms with van der Waals surface area (Å²) in [6.45, 7) is 15.9. The molecule has 48 heavy (non-hydrogen) atoms. The number of fused-ring (bicyclic) bond motifs is 8. The molecule has 2 unspecified atom stereocenters. The predicted molar refractivity (Wildman–Crippen MR) is 193 cm³/mol. The Kier molecular flexibility index (Phi) is 9.96. The van der Waals surface area contributed by atoms with Gasteiger partial charge < -0.3 is 24.9 Å². The molecule has 256 valence electrons. The Labute approximate surface area is 284 Å². The summed E-state index contributed by atoms with van der Waals surface area (Å²) in [4.78, 5) is 29.4. The van der Waals surface area contributed by atoms with E-state index in [0.717, 1.165) is 92.1 Å². The largest absolute Gasteiger partial charge is 0.481 e. The first-order valence-corrected chi connectivity index (χ1v) is 18.0. The number of aliphatic hydroxyl groups is 1. The number of ether oxygens (including phenoxy) is 1. The normalized spacial score (nSPS) is 19.4. The SMILES string of the molecule is CCCCCCOC(C)c1c(C)c2cc3nc(c4c5[nH]c(cc6nc(cc1[nH]2)C(C)=C6CC)c(C)c5C(O)C4)[C@@H](CCCC(=O)O)[C@@H]3C. The molecule has 0 amide bonds. The maximum atomic E-state index is 11.5. The third kappa shape index (κ3) is 6.25. The summed E-state index contributed by atoms with van der Waals surface area (Å²) in [7, 11) is 0. The summed E-state index contributed by atoms with van der Waals surface area (Å²) in [5.74, 6) is -0.646. The fourth-order valence-corrected chi connectivity index (χ4v) is 8.20. The summed E-state index contributed by atoms with van der Waals surface area (Å²) in [5, 5.41) is 20.8. The number of carboxylic acid groups (broad SMARTS) is 1. The molecule has 8 nitrogen and oxygen atoms in total. The van der Waals surface area contributed by atoms with Crippen molar-refractivity contribution in [3.63, 3.8) is 0 Å². The summed E-state index contributed by atoms with van der Waals surface area (Å²) >= 11 is 0. The number of rotatable bonds is 12. The second-order valence-electron chi connectivity index (χ2n) is 14.1. The van der Waals surface area contributed by atoms with Crippen LogP contribution in [-0.4, -0.2) is 42.7 Å². The van der Waals surface area contributed by atoms with Crippen LogP contribution in [0.1, 0.15) is 161 Å². The number of hydrogen-bond acceptors (Lipinski definition) is 5. The fourth-order valence-electron chi connectivity index (χ4n) is 8.20. The first kappa shape index (κ1) is 34.1. The number of aliphatic hydroxyl groups excluding tert-OH is 1. The number of carbonyl (C=O) groups is 1. The van der Waals surface area contributed by atoms with Crippen molar-refractivity contribution in [2.75, 3.05) is 6.61 Å². The maximum Gasteiger partial charge on any atom is 0.303 e. The van der Waals surface area contributed by atoms with E-state index in [2.05, 4.69) is 76.6 Å². The second kappa shape index (κ2) is 14.0. The number of hydrogen-bond donors (Lipinski definition) is 4. The van der Waals surface area contributed by atoms with Crippen molar-refractivity contribution in [1.82, 2.24) is 19.9 Å². The van der Waals surface area contributed by atoms with Gasteiger partial charge in [-0.15, -0.1) is 0 Å². The lowest BCUT2D eigenvalue weighted by Gasteiger charge is -2.17. The van der Waals surface area contributed by atoms with E-state index >= 15 is 0 Å². The lowest BCUT2D eigenvalue weighted by Crippen LogP contribution is -2.06. The average Bonchev–Trinajstić information content (AvgIpc) is 3.79. The highest BCUT2D eigenvalue weighted by atomic mass is 16.5. The molecule has 1 aliphatic carbocycles. The van der Waals surface area contributed by atoms with E-state index in [1.165, 1.54) is 30.4 Å². The van der Waals surface area contributed by atoms with E-state index in [1.807, 2.05) is 0 Å². The van der Waals surface area contributed by atoms with E-state index in [9.17, 15) is 15.0 Å². The molecule has 3 aromatic heterocycles. The molecule has 0 radical (unpaired) electrons. The van der Waals surface area contributed by atoms with Crippen molar-refractivity contribution in [1.29, 1.82) is 0 Å². The highest BCUT2D eigenvalue weighted by Crippen LogP contribution is 2.47. The second-order valence-corrected chi connectivity index (χ2v) is 14.1. The summed E-state index contributed by atoms with van der Waals surface area (Å²) < 4.78 is 6.46. The van der Waals surface area contributed by atoms with E-state index < -0.39 is 12.1 Å². The smallest absolute Gasteiger partial charge is 0.303 e. The zero-order valence-corrected chi connectivity index (χ0v) is 29.7. The van der Waals surface area contributed by atoms with Crippen LogP contribution < -0.4 is 0 Å². The minimum Gasteiger partial charge on any atom is -0.481 e. The standard InChI is InChI=1S/C40H52N4O4/c1-8-10-11-12-16-48-25(7)37-23(5)31-18-30-22(4)27(14-13-15-36(46)47)39(43-30)28-17-35(45)38-24(6)32(44-40(28)38)19-33-26(9-2)21(3)29(41-33)20-34(37)42-31/h18-20,22,25,27,35,42,44-45H,8-17H2,1-7H3,(H,46,47)/t22-,25?,27-,35?/m0/s1. The summed E-state index contributed by atoms with van der Waals surface area (Å²) in [6, 6.07) is 6.49. The third-order valence-corrected chi connectivity index (χ3v) is 11.0. The van der Waals surface area contributed by atoms with E-state index in [0.29, 0.717) is 19.3 Å². The lowest BCUT2D eigenvalue weighted by atomic mass is 9.85. The Morgan fingerprint density at radius 2 is 1.73 bits per heavy atom. The molecule has 0 saturated carbocycles. The van der Waals surface area contributed by atoms with Crippen LogP contribution in [0.25, 0.3) is 33.2 Å². The number of nitrogens with one attached hydrogen (secondary N) is 2. The van der Waals surface area contributed by atoms with E-state index in [1.54, 1.807) is 0 Å². The molecule has 4 atom stereocenters. The Balaban J connectivity index is 1.62. The van der Waals surface area contributed by atoms with Crippen molar-refractivity contribution in [3.8, 4) is 0 Å². The highest BCUT2D eigenvalue weighted by molar-refractivity contribution is 5.93. The Morgan fingerprint density at radius 3 is 2.46 bits per heavy atom. The third-order valence-electron chi connectivity index (χ3n) is 11.0. The van der Waals surface area contributed by atoms with Gasteiger partial charge in [-0.3, -0.25) is 9.78 Å². The molecule has 0 aromatic carbocycles. The number of aromatic amines is 2. The Morgan fingerprint density at radius 1 is 0.979 bits per heavy atom. The lowest BCUT2D eigenvalue weighted by molar-refractivity contribution is -0.137. The quantitative estimate of drug-likeness (QED) is 0.144. The van der Waals surface area contributed by atoms with Crippen LogP contribution in [0.2, 0.25) is 0 Å². The van der Waals surface area contributed by atoms with Crippen molar-refractivity contribution in [3.05, 3.63) is 68.8 Å². The molecule has 0 spiro atoms. The van der Waals surface area contributed by atoms with Gasteiger partial charge in [-0.05, 0) is 93.9 Å². The minimum atomic E-state index is -0.780. The minimum absolute atomic E-state index is 0.0508. The molecule has 8 heteroatoms. The number of nitrogens with zero attached hydrogens (tertiary/aromatic N) is 2. The number of carboxylic acids is 1. The van der Waals surface area contributed by atoms with Gasteiger partial charge in [0.25, 0.3) is 0 Å². The first-order chi connectivity index (χ1) is 23.0. The Hall–Kier alpha value is -3.75. The van der Waals surface area contributed by atoms with Gasteiger partial charge in [-0.25, -0.2) is 4.98 Å². The van der Waals surface area contributed by atoms with Crippen LogP contribution in [0.15, 0.2) is 18.2 Å². The topological polar surface area (TPSA) is 124 Å². The number of unbranched alkanes of at least 4 members (excludes halogenated alkanes) is 3. The monoisotopic (exact) mass is 652 g/mol. The van der Waals surface area contributed by atoms with Gasteiger partial charge >= 0.3 is 5.97 Å². The predicted octanol–water partition coefficient (Wildman–Crippen LogP) is 9.66. The number of aryl methyl sites for hydroxylation is 2. The van der Waals surface area contributed by atoms with Crippen molar-refractivity contribution in [2.24, 2.45) is 0 Å². The molecule has 0 fully saturated rings.